The van der Waals surface area contributed by atoms with E-state index in [9.17, 15) is 4.79 Å². The van der Waals surface area contributed by atoms with E-state index in [1.807, 2.05) is 0 Å². The normalized spacial score (nSPS) is 14.3. The lowest BCUT2D eigenvalue weighted by Crippen LogP contribution is -2.43. The maximum atomic E-state index is 10.7. The van der Waals surface area contributed by atoms with Gasteiger partial charge in [0.1, 0.15) is 13.1 Å². The number of carbonyl (C=O) groups is 1. The molecular formula is C14H30O5Si. The minimum atomic E-state index is -1.81. The van der Waals surface area contributed by atoms with E-state index in [0.29, 0.717) is 26.2 Å². The fourth-order valence-electron chi connectivity index (χ4n) is 1.15. The lowest BCUT2D eigenvalue weighted by atomic mass is 10.2. The van der Waals surface area contributed by atoms with Crippen molar-refractivity contribution in [1.29, 1.82) is 0 Å². The third kappa shape index (κ3) is 8.11. The Hall–Kier alpha value is -0.273. The zero-order valence-corrected chi connectivity index (χ0v) is 14.7. The van der Waals surface area contributed by atoms with Crippen molar-refractivity contribution in [2.75, 3.05) is 33.7 Å². The average molecular weight is 306 g/mol. The third-order valence-electron chi connectivity index (χ3n) is 3.61. The predicted molar refractivity (Wildman–Crippen MR) is 81.4 cm³/mol. The van der Waals surface area contributed by atoms with Gasteiger partial charge in [0.25, 0.3) is 0 Å². The molecule has 120 valence electrons. The standard InChI is InChI=1S/C14H30O5Si/c1-14(2,3)20(5,6)19-11-13(7-8-15)18-12-17-10-9-16-4/h8,13H,7,9-12H2,1-6H3/t13-/m0/s1. The van der Waals surface area contributed by atoms with Crippen LogP contribution in [0, 0.1) is 0 Å². The highest BCUT2D eigenvalue weighted by atomic mass is 28.4. The van der Waals surface area contributed by atoms with Crippen LogP contribution in [-0.2, 0) is 23.4 Å². The van der Waals surface area contributed by atoms with Crippen molar-refractivity contribution >= 4 is 14.6 Å². The van der Waals surface area contributed by atoms with Crippen molar-refractivity contribution in [3.8, 4) is 0 Å². The molecular weight excluding hydrogens is 276 g/mol. The second kappa shape index (κ2) is 9.62. The lowest BCUT2D eigenvalue weighted by molar-refractivity contribution is -0.123. The molecule has 0 aromatic carbocycles. The Morgan fingerprint density at radius 2 is 1.85 bits per heavy atom. The van der Waals surface area contributed by atoms with E-state index in [0.717, 1.165) is 6.29 Å². The lowest BCUT2D eigenvalue weighted by Gasteiger charge is -2.37. The highest BCUT2D eigenvalue weighted by Gasteiger charge is 2.37. The minimum absolute atomic E-state index is 0.147. The number of ether oxygens (including phenoxy) is 3. The van der Waals surface area contributed by atoms with Crippen LogP contribution in [0.1, 0.15) is 27.2 Å². The van der Waals surface area contributed by atoms with Gasteiger partial charge in [0.2, 0.25) is 0 Å². The second-order valence-electron chi connectivity index (χ2n) is 6.28. The molecule has 0 bridgehead atoms. The molecule has 20 heavy (non-hydrogen) atoms. The fraction of sp³-hybridized carbons (Fsp3) is 0.929. The van der Waals surface area contributed by atoms with Crippen molar-refractivity contribution < 1.29 is 23.4 Å². The fourth-order valence-corrected chi connectivity index (χ4v) is 2.19. The average Bonchev–Trinajstić information content (AvgIpc) is 2.34. The quantitative estimate of drug-likeness (QED) is 0.254. The molecule has 0 aliphatic rings. The summed E-state index contributed by atoms with van der Waals surface area (Å²) in [4.78, 5) is 10.7. The van der Waals surface area contributed by atoms with Crippen molar-refractivity contribution in [1.82, 2.24) is 0 Å². The van der Waals surface area contributed by atoms with Gasteiger partial charge in [-0.2, -0.15) is 0 Å². The van der Waals surface area contributed by atoms with Gasteiger partial charge >= 0.3 is 0 Å². The van der Waals surface area contributed by atoms with Crippen LogP contribution >= 0.6 is 0 Å². The first kappa shape index (κ1) is 19.7. The van der Waals surface area contributed by atoms with Crippen LogP contribution < -0.4 is 0 Å². The summed E-state index contributed by atoms with van der Waals surface area (Å²) in [5, 5.41) is 0.147. The van der Waals surface area contributed by atoms with E-state index in [1.54, 1.807) is 7.11 Å². The molecule has 0 rings (SSSR count). The Bertz CT molecular complexity index is 263. The molecule has 0 aromatic heterocycles. The van der Waals surface area contributed by atoms with Gasteiger partial charge in [0, 0.05) is 13.5 Å². The van der Waals surface area contributed by atoms with Crippen LogP contribution in [0.3, 0.4) is 0 Å². The molecule has 6 heteroatoms. The Balaban J connectivity index is 4.11. The highest BCUT2D eigenvalue weighted by molar-refractivity contribution is 6.74. The summed E-state index contributed by atoms with van der Waals surface area (Å²) in [7, 11) is -0.196. The van der Waals surface area contributed by atoms with Crippen molar-refractivity contribution in [2.45, 2.75) is 51.4 Å². The number of carbonyl (C=O) groups excluding carboxylic acids is 1. The first-order valence-corrected chi connectivity index (χ1v) is 9.91. The Labute approximate surface area is 124 Å². The SMILES string of the molecule is COCCOCO[C@@H](CC=O)CO[Si](C)(C)C(C)(C)C. The minimum Gasteiger partial charge on any atom is -0.414 e. The third-order valence-corrected chi connectivity index (χ3v) is 8.11. The highest BCUT2D eigenvalue weighted by Crippen LogP contribution is 2.36. The van der Waals surface area contributed by atoms with Gasteiger partial charge in [0.05, 0.1) is 25.9 Å². The topological polar surface area (TPSA) is 54.0 Å². The maximum Gasteiger partial charge on any atom is 0.192 e. The molecule has 0 aromatic rings. The molecule has 1 atom stereocenters. The van der Waals surface area contributed by atoms with E-state index in [1.165, 1.54) is 0 Å². The van der Waals surface area contributed by atoms with E-state index in [4.69, 9.17) is 18.6 Å². The van der Waals surface area contributed by atoms with E-state index in [2.05, 4.69) is 33.9 Å². The molecule has 0 radical (unpaired) electrons. The molecule has 0 aliphatic carbocycles. The summed E-state index contributed by atoms with van der Waals surface area (Å²) in [5.74, 6) is 0. The number of aldehydes is 1. The molecule has 0 saturated carbocycles. The van der Waals surface area contributed by atoms with Crippen molar-refractivity contribution in [2.24, 2.45) is 0 Å². The van der Waals surface area contributed by atoms with Gasteiger partial charge < -0.3 is 23.4 Å². The van der Waals surface area contributed by atoms with Gasteiger partial charge in [-0.25, -0.2) is 0 Å². The maximum absolute atomic E-state index is 10.7. The van der Waals surface area contributed by atoms with Crippen LogP contribution in [0.15, 0.2) is 0 Å². The second-order valence-corrected chi connectivity index (χ2v) is 11.1. The Morgan fingerprint density at radius 1 is 1.20 bits per heavy atom. The largest absolute Gasteiger partial charge is 0.414 e. The van der Waals surface area contributed by atoms with Crippen LogP contribution in [0.2, 0.25) is 18.1 Å². The predicted octanol–water partition coefficient (Wildman–Crippen LogP) is 2.60. The number of methoxy groups -OCH3 is 1. The monoisotopic (exact) mass is 306 g/mol. The molecule has 0 N–H and O–H groups in total. The number of hydrogen-bond donors (Lipinski definition) is 0. The summed E-state index contributed by atoms with van der Waals surface area (Å²) in [5.41, 5.74) is 0. The van der Waals surface area contributed by atoms with Gasteiger partial charge in [-0.05, 0) is 18.1 Å². The molecule has 5 nitrogen and oxygen atoms in total. The zero-order valence-electron chi connectivity index (χ0n) is 13.7. The van der Waals surface area contributed by atoms with Crippen LogP contribution in [0.4, 0.5) is 0 Å². The molecule has 0 unspecified atom stereocenters. The first-order valence-electron chi connectivity index (χ1n) is 7.00. The number of rotatable bonds is 11. The molecule has 0 fully saturated rings. The zero-order chi connectivity index (χ0) is 15.6. The summed E-state index contributed by atoms with van der Waals surface area (Å²) >= 11 is 0. The van der Waals surface area contributed by atoms with E-state index in [-0.39, 0.29) is 17.9 Å². The summed E-state index contributed by atoms with van der Waals surface area (Å²) in [6.45, 7) is 12.5. The van der Waals surface area contributed by atoms with E-state index >= 15 is 0 Å². The number of hydrogen-bond acceptors (Lipinski definition) is 5. The van der Waals surface area contributed by atoms with Gasteiger partial charge in [-0.3, -0.25) is 0 Å². The molecule has 0 heterocycles. The molecule has 0 spiro atoms. The van der Waals surface area contributed by atoms with Gasteiger partial charge in [-0.1, -0.05) is 20.8 Å². The first-order chi connectivity index (χ1) is 9.24. The van der Waals surface area contributed by atoms with Crippen LogP contribution in [-0.4, -0.2) is 54.4 Å². The van der Waals surface area contributed by atoms with Crippen LogP contribution in [0.5, 0.6) is 0 Å². The van der Waals surface area contributed by atoms with Crippen LogP contribution in [0.25, 0.3) is 0 Å². The summed E-state index contributed by atoms with van der Waals surface area (Å²) in [6, 6.07) is 0. The van der Waals surface area contributed by atoms with Gasteiger partial charge in [-0.15, -0.1) is 0 Å². The smallest absolute Gasteiger partial charge is 0.192 e. The summed E-state index contributed by atoms with van der Waals surface area (Å²) < 4.78 is 21.7. The van der Waals surface area contributed by atoms with Crippen molar-refractivity contribution in [3.63, 3.8) is 0 Å². The Kier molecular flexibility index (Phi) is 9.49. The molecule has 0 aliphatic heterocycles. The molecule has 0 saturated heterocycles. The summed E-state index contributed by atoms with van der Waals surface area (Å²) in [6.07, 6.45) is 0.932. The molecule has 0 amide bonds. The Morgan fingerprint density at radius 3 is 2.35 bits per heavy atom. The van der Waals surface area contributed by atoms with E-state index < -0.39 is 8.32 Å². The van der Waals surface area contributed by atoms with Crippen molar-refractivity contribution in [3.05, 3.63) is 0 Å². The van der Waals surface area contributed by atoms with Gasteiger partial charge in [0.15, 0.2) is 8.32 Å².